The number of methoxy groups -OCH3 is 1. The quantitative estimate of drug-likeness (QED) is 0.513. The van der Waals surface area contributed by atoms with Gasteiger partial charge >= 0.3 is 5.97 Å². The summed E-state index contributed by atoms with van der Waals surface area (Å²) in [7, 11) is 1.29. The summed E-state index contributed by atoms with van der Waals surface area (Å²) >= 11 is 0. The Morgan fingerprint density at radius 1 is 1.57 bits per heavy atom. The minimum atomic E-state index is -1.15. The first-order chi connectivity index (χ1) is 6.38. The van der Waals surface area contributed by atoms with Gasteiger partial charge in [-0.1, -0.05) is 19.9 Å². The Morgan fingerprint density at radius 3 is 2.36 bits per heavy atom. The number of carbonyl (C=O) groups is 1. The topological polar surface area (TPSA) is 50.1 Å². The summed E-state index contributed by atoms with van der Waals surface area (Å²) in [5.74, 6) is -0.193. The number of allylic oxidation sites excluding steroid dienone is 1. The van der Waals surface area contributed by atoms with Gasteiger partial charge in [0.1, 0.15) is 0 Å². The average Bonchev–Trinajstić information content (AvgIpc) is 2.14. The summed E-state index contributed by atoms with van der Waals surface area (Å²) in [6, 6.07) is 1.99. The molecule has 0 N–H and O–H groups in total. The number of carbonyl (C=O) groups excluding carboxylic acids is 1. The molecular weight excluding hydrogens is 178 g/mol. The monoisotopic (exact) mass is 195 g/mol. The zero-order valence-electron chi connectivity index (χ0n) is 9.42. The van der Waals surface area contributed by atoms with E-state index in [1.807, 2.05) is 26.0 Å². The minimum Gasteiger partial charge on any atom is -0.468 e. The van der Waals surface area contributed by atoms with Gasteiger partial charge in [0.2, 0.25) is 0 Å². The van der Waals surface area contributed by atoms with E-state index >= 15 is 0 Å². The van der Waals surface area contributed by atoms with Crippen LogP contribution >= 0.6 is 0 Å². The van der Waals surface area contributed by atoms with Crippen LogP contribution in [0.4, 0.5) is 0 Å². The van der Waals surface area contributed by atoms with Crippen molar-refractivity contribution < 1.29 is 9.53 Å². The van der Waals surface area contributed by atoms with Crippen LogP contribution in [0.5, 0.6) is 0 Å². The van der Waals surface area contributed by atoms with Crippen LogP contribution < -0.4 is 0 Å². The van der Waals surface area contributed by atoms with Crippen molar-refractivity contribution in [2.45, 2.75) is 27.7 Å². The maximum Gasteiger partial charge on any atom is 0.330 e. The van der Waals surface area contributed by atoms with Gasteiger partial charge in [0.15, 0.2) is 5.41 Å². The Morgan fingerprint density at radius 2 is 2.07 bits per heavy atom. The lowest BCUT2D eigenvalue weighted by Gasteiger charge is -2.20. The van der Waals surface area contributed by atoms with Crippen LogP contribution in [-0.4, -0.2) is 13.1 Å². The second-order valence-corrected chi connectivity index (χ2v) is 3.82. The maximum absolute atomic E-state index is 11.4. The first kappa shape index (κ1) is 12.7. The van der Waals surface area contributed by atoms with Gasteiger partial charge in [0.25, 0.3) is 0 Å². The molecule has 0 fully saturated rings. The fourth-order valence-corrected chi connectivity index (χ4v) is 1.17. The summed E-state index contributed by atoms with van der Waals surface area (Å²) in [5.41, 5.74) is -0.416. The molecule has 0 aliphatic rings. The van der Waals surface area contributed by atoms with Crippen LogP contribution in [0.1, 0.15) is 27.7 Å². The molecule has 0 heterocycles. The molecule has 3 heteroatoms. The molecule has 0 amide bonds. The molecule has 0 aromatic rings. The van der Waals surface area contributed by atoms with E-state index in [0.29, 0.717) is 5.92 Å². The highest BCUT2D eigenvalue weighted by atomic mass is 16.5. The molecule has 14 heavy (non-hydrogen) atoms. The normalized spacial score (nSPS) is 15.9. The first-order valence-corrected chi connectivity index (χ1v) is 4.57. The smallest absolute Gasteiger partial charge is 0.330 e. The Bertz CT molecular complexity index is 286. The molecule has 78 valence electrons. The van der Waals surface area contributed by atoms with E-state index in [1.165, 1.54) is 7.11 Å². The van der Waals surface area contributed by atoms with E-state index < -0.39 is 11.4 Å². The Balaban J connectivity index is 5.08. The van der Waals surface area contributed by atoms with Crippen LogP contribution in [0.15, 0.2) is 11.6 Å². The predicted octanol–water partition coefficient (Wildman–Crippen LogP) is 2.29. The summed E-state index contributed by atoms with van der Waals surface area (Å²) < 4.78 is 4.61. The van der Waals surface area contributed by atoms with Crippen LogP contribution in [0, 0.1) is 22.7 Å². The lowest BCUT2D eigenvalue weighted by molar-refractivity contribution is -0.146. The van der Waals surface area contributed by atoms with Crippen LogP contribution in [0.25, 0.3) is 0 Å². The SMILES string of the molecule is COC(=O)[C@@](C)(C#N)/C(C)=C/C(C)C. The largest absolute Gasteiger partial charge is 0.468 e. The highest BCUT2D eigenvalue weighted by Crippen LogP contribution is 2.28. The van der Waals surface area contributed by atoms with E-state index in [2.05, 4.69) is 4.74 Å². The Labute approximate surface area is 85.4 Å². The van der Waals surface area contributed by atoms with E-state index in [-0.39, 0.29) is 0 Å². The lowest BCUT2D eigenvalue weighted by atomic mass is 9.83. The molecule has 3 nitrogen and oxygen atoms in total. The van der Waals surface area contributed by atoms with E-state index in [9.17, 15) is 4.79 Å². The zero-order chi connectivity index (χ0) is 11.4. The molecule has 0 saturated heterocycles. The predicted molar refractivity (Wildman–Crippen MR) is 54.3 cm³/mol. The lowest BCUT2D eigenvalue weighted by Crippen LogP contribution is -2.28. The highest BCUT2D eigenvalue weighted by Gasteiger charge is 2.36. The van der Waals surface area contributed by atoms with Crippen molar-refractivity contribution in [3.63, 3.8) is 0 Å². The summed E-state index contributed by atoms with van der Waals surface area (Å²) in [6.07, 6.45) is 1.90. The molecule has 0 aliphatic carbocycles. The zero-order valence-corrected chi connectivity index (χ0v) is 9.42. The number of hydrogen-bond acceptors (Lipinski definition) is 3. The number of rotatable bonds is 3. The Hall–Kier alpha value is -1.30. The number of ether oxygens (including phenoxy) is 1. The molecule has 1 atom stereocenters. The summed E-state index contributed by atoms with van der Waals surface area (Å²) in [5, 5.41) is 8.98. The number of nitrogens with zero attached hydrogens (tertiary/aromatic N) is 1. The summed E-state index contributed by atoms with van der Waals surface area (Å²) in [4.78, 5) is 11.4. The molecular formula is C11H17NO2. The van der Waals surface area contributed by atoms with Crippen LogP contribution in [-0.2, 0) is 9.53 Å². The number of hydrogen-bond donors (Lipinski definition) is 0. The van der Waals surface area contributed by atoms with Gasteiger partial charge in [-0.3, -0.25) is 0 Å². The third-order valence-electron chi connectivity index (χ3n) is 2.19. The third kappa shape index (κ3) is 2.59. The molecule has 0 spiro atoms. The second-order valence-electron chi connectivity index (χ2n) is 3.82. The summed E-state index contributed by atoms with van der Waals surface area (Å²) in [6.45, 7) is 7.35. The van der Waals surface area contributed by atoms with Crippen molar-refractivity contribution in [2.24, 2.45) is 11.3 Å². The van der Waals surface area contributed by atoms with Gasteiger partial charge in [0.05, 0.1) is 13.2 Å². The van der Waals surface area contributed by atoms with Crippen LogP contribution in [0.3, 0.4) is 0 Å². The maximum atomic E-state index is 11.4. The molecule has 0 saturated carbocycles. The molecule has 0 aromatic carbocycles. The van der Waals surface area contributed by atoms with E-state index in [4.69, 9.17) is 5.26 Å². The van der Waals surface area contributed by atoms with E-state index in [1.54, 1.807) is 13.8 Å². The van der Waals surface area contributed by atoms with Crippen molar-refractivity contribution in [3.05, 3.63) is 11.6 Å². The van der Waals surface area contributed by atoms with Gasteiger partial charge in [-0.2, -0.15) is 5.26 Å². The van der Waals surface area contributed by atoms with Gasteiger partial charge in [-0.25, -0.2) is 4.79 Å². The molecule has 0 aliphatic heterocycles. The van der Waals surface area contributed by atoms with E-state index in [0.717, 1.165) is 5.57 Å². The van der Waals surface area contributed by atoms with Gasteiger partial charge in [-0.05, 0) is 25.3 Å². The molecule has 0 unspecified atom stereocenters. The van der Waals surface area contributed by atoms with Gasteiger partial charge in [-0.15, -0.1) is 0 Å². The standard InChI is InChI=1S/C11H17NO2/c1-8(2)6-9(3)11(4,7-12)10(13)14-5/h6,8H,1-5H3/b9-6+/t11-/m0/s1. The van der Waals surface area contributed by atoms with Gasteiger partial charge in [0, 0.05) is 0 Å². The number of nitriles is 1. The molecule has 0 rings (SSSR count). The highest BCUT2D eigenvalue weighted by molar-refractivity contribution is 5.83. The Kier molecular flexibility index (Phi) is 4.36. The molecule has 0 radical (unpaired) electrons. The fourth-order valence-electron chi connectivity index (χ4n) is 1.17. The average molecular weight is 195 g/mol. The van der Waals surface area contributed by atoms with Crippen molar-refractivity contribution in [1.82, 2.24) is 0 Å². The van der Waals surface area contributed by atoms with Crippen LogP contribution in [0.2, 0.25) is 0 Å². The molecule has 0 aromatic heterocycles. The minimum absolute atomic E-state index is 0.312. The third-order valence-corrected chi connectivity index (χ3v) is 2.19. The van der Waals surface area contributed by atoms with Crippen molar-refractivity contribution in [2.75, 3.05) is 7.11 Å². The number of esters is 1. The van der Waals surface area contributed by atoms with Crippen molar-refractivity contribution in [1.29, 1.82) is 5.26 Å². The second kappa shape index (κ2) is 4.80. The van der Waals surface area contributed by atoms with Crippen molar-refractivity contribution >= 4 is 5.97 Å². The first-order valence-electron chi connectivity index (χ1n) is 4.57. The van der Waals surface area contributed by atoms with Crippen molar-refractivity contribution in [3.8, 4) is 6.07 Å². The fraction of sp³-hybridized carbons (Fsp3) is 0.636. The van der Waals surface area contributed by atoms with Gasteiger partial charge < -0.3 is 4.74 Å². The molecule has 0 bridgehead atoms.